The van der Waals surface area contributed by atoms with E-state index in [-0.39, 0.29) is 22.3 Å². The van der Waals surface area contributed by atoms with Gasteiger partial charge in [-0.15, -0.1) is 0 Å². The zero-order chi connectivity index (χ0) is 21.3. The molecule has 30 heavy (non-hydrogen) atoms. The molecule has 0 unspecified atom stereocenters. The number of benzene rings is 2. The molecule has 0 saturated heterocycles. The average molecular weight is 424 g/mol. The molecule has 0 bridgehead atoms. The number of rotatable bonds is 5. The van der Waals surface area contributed by atoms with E-state index in [1.54, 1.807) is 60.5 Å². The number of nitro groups is 1. The Hall–Kier alpha value is -3.78. The maximum Gasteiger partial charge on any atom is 0.293 e. The SMILES string of the molecule is Cn1cc(-c2ccc(Nc3cc(-c4ccccc4F)cc(Cl)n3)c([N+](=O)[O-])c2)cn1. The van der Waals surface area contributed by atoms with E-state index < -0.39 is 10.7 Å². The highest BCUT2D eigenvalue weighted by Gasteiger charge is 2.17. The Bertz CT molecular complexity index is 1260. The van der Waals surface area contributed by atoms with Crippen LogP contribution in [-0.2, 0) is 7.05 Å². The summed E-state index contributed by atoms with van der Waals surface area (Å²) in [5.41, 5.74) is 2.38. The third-order valence-electron chi connectivity index (χ3n) is 4.47. The fraction of sp³-hybridized carbons (Fsp3) is 0.0476. The summed E-state index contributed by atoms with van der Waals surface area (Å²) in [5.74, 6) is -0.143. The van der Waals surface area contributed by atoms with Gasteiger partial charge in [0.2, 0.25) is 0 Å². The zero-order valence-electron chi connectivity index (χ0n) is 15.7. The standard InChI is InChI=1S/C21H15ClFN5O2/c1-27-12-15(11-24-27)13-6-7-18(19(8-13)28(29)30)25-21-10-14(9-20(22)26-21)16-4-2-3-5-17(16)23/h2-12H,1H3,(H,25,26). The van der Waals surface area contributed by atoms with Crippen LogP contribution in [0.1, 0.15) is 0 Å². The van der Waals surface area contributed by atoms with Crippen molar-refractivity contribution in [1.29, 1.82) is 0 Å². The molecule has 2 heterocycles. The topological polar surface area (TPSA) is 85.9 Å². The summed E-state index contributed by atoms with van der Waals surface area (Å²) in [5, 5.41) is 18.8. The van der Waals surface area contributed by atoms with E-state index in [2.05, 4.69) is 15.4 Å². The molecule has 9 heteroatoms. The number of halogens is 2. The quantitative estimate of drug-likeness (QED) is 0.257. The number of pyridine rings is 1. The van der Waals surface area contributed by atoms with E-state index in [0.717, 1.165) is 5.56 Å². The summed E-state index contributed by atoms with van der Waals surface area (Å²) in [6.45, 7) is 0. The first-order valence-electron chi connectivity index (χ1n) is 8.87. The molecular weight excluding hydrogens is 409 g/mol. The highest BCUT2D eigenvalue weighted by atomic mass is 35.5. The number of anilines is 2. The van der Waals surface area contributed by atoms with E-state index in [1.807, 2.05) is 0 Å². The molecule has 0 spiro atoms. The van der Waals surface area contributed by atoms with E-state index in [0.29, 0.717) is 16.7 Å². The van der Waals surface area contributed by atoms with E-state index in [1.165, 1.54) is 18.2 Å². The van der Waals surface area contributed by atoms with Crippen LogP contribution in [0.25, 0.3) is 22.3 Å². The van der Waals surface area contributed by atoms with Crippen LogP contribution in [-0.4, -0.2) is 19.7 Å². The monoisotopic (exact) mass is 423 g/mol. The lowest BCUT2D eigenvalue weighted by molar-refractivity contribution is -0.383. The molecule has 2 aromatic carbocycles. The fourth-order valence-electron chi connectivity index (χ4n) is 3.09. The van der Waals surface area contributed by atoms with Gasteiger partial charge in [-0.25, -0.2) is 9.37 Å². The van der Waals surface area contributed by atoms with Crippen molar-refractivity contribution in [3.63, 3.8) is 0 Å². The molecule has 2 aromatic heterocycles. The summed E-state index contributed by atoms with van der Waals surface area (Å²) in [6, 6.07) is 14.2. The Labute approximate surface area is 175 Å². The molecule has 0 amide bonds. The van der Waals surface area contributed by atoms with Crippen molar-refractivity contribution < 1.29 is 9.31 Å². The van der Waals surface area contributed by atoms with Crippen molar-refractivity contribution >= 4 is 28.8 Å². The third-order valence-corrected chi connectivity index (χ3v) is 4.67. The fourth-order valence-corrected chi connectivity index (χ4v) is 3.30. The Kier molecular flexibility index (Phi) is 5.16. The summed E-state index contributed by atoms with van der Waals surface area (Å²) in [7, 11) is 1.77. The van der Waals surface area contributed by atoms with E-state index >= 15 is 0 Å². The lowest BCUT2D eigenvalue weighted by Crippen LogP contribution is -2.00. The predicted molar refractivity (Wildman–Crippen MR) is 113 cm³/mol. The van der Waals surface area contributed by atoms with Gasteiger partial charge in [-0.05, 0) is 35.4 Å². The normalized spacial score (nSPS) is 10.8. The van der Waals surface area contributed by atoms with Gasteiger partial charge in [0, 0.05) is 30.4 Å². The molecule has 4 aromatic rings. The van der Waals surface area contributed by atoms with Crippen molar-refractivity contribution in [2.24, 2.45) is 7.05 Å². The van der Waals surface area contributed by atoms with Gasteiger partial charge in [0.25, 0.3) is 5.69 Å². The summed E-state index contributed by atoms with van der Waals surface area (Å²) < 4.78 is 15.8. The molecule has 1 N–H and O–H groups in total. The van der Waals surface area contributed by atoms with Gasteiger partial charge in [-0.2, -0.15) is 5.10 Å². The van der Waals surface area contributed by atoms with Crippen LogP contribution in [0.5, 0.6) is 0 Å². The van der Waals surface area contributed by atoms with Crippen molar-refractivity contribution in [2.75, 3.05) is 5.32 Å². The largest absolute Gasteiger partial charge is 0.335 e. The van der Waals surface area contributed by atoms with Crippen molar-refractivity contribution in [3.8, 4) is 22.3 Å². The molecule has 0 radical (unpaired) electrons. The number of hydrogen-bond donors (Lipinski definition) is 1. The summed E-state index contributed by atoms with van der Waals surface area (Å²) in [6.07, 6.45) is 3.40. The zero-order valence-corrected chi connectivity index (χ0v) is 16.5. The Morgan fingerprint density at radius 3 is 2.60 bits per heavy atom. The van der Waals surface area contributed by atoms with Crippen molar-refractivity contribution in [2.45, 2.75) is 0 Å². The van der Waals surface area contributed by atoms with Gasteiger partial charge < -0.3 is 5.32 Å². The molecular formula is C21H15ClFN5O2. The van der Waals surface area contributed by atoms with Gasteiger partial charge >= 0.3 is 0 Å². The van der Waals surface area contributed by atoms with Crippen LogP contribution < -0.4 is 5.32 Å². The molecule has 4 rings (SSSR count). The molecule has 0 saturated carbocycles. The number of hydrogen-bond acceptors (Lipinski definition) is 5. The van der Waals surface area contributed by atoms with Gasteiger partial charge in [0.1, 0.15) is 22.5 Å². The molecule has 0 aliphatic heterocycles. The highest BCUT2D eigenvalue weighted by Crippen LogP contribution is 2.34. The second-order valence-corrected chi connectivity index (χ2v) is 6.95. The summed E-state index contributed by atoms with van der Waals surface area (Å²) >= 11 is 6.11. The van der Waals surface area contributed by atoms with Gasteiger partial charge in [-0.1, -0.05) is 35.9 Å². The van der Waals surface area contributed by atoms with Gasteiger partial charge in [-0.3, -0.25) is 14.8 Å². The van der Waals surface area contributed by atoms with Crippen LogP contribution in [0, 0.1) is 15.9 Å². The van der Waals surface area contributed by atoms with Crippen molar-refractivity contribution in [1.82, 2.24) is 14.8 Å². The van der Waals surface area contributed by atoms with Crippen LogP contribution >= 0.6 is 11.6 Å². The number of aromatic nitrogens is 3. The average Bonchev–Trinajstić information content (AvgIpc) is 3.14. The molecule has 7 nitrogen and oxygen atoms in total. The number of aryl methyl sites for hydroxylation is 1. The van der Waals surface area contributed by atoms with E-state index in [4.69, 9.17) is 11.6 Å². The Morgan fingerprint density at radius 1 is 1.10 bits per heavy atom. The maximum absolute atomic E-state index is 14.2. The van der Waals surface area contributed by atoms with Crippen molar-refractivity contribution in [3.05, 3.63) is 88.1 Å². The van der Waals surface area contributed by atoms with Crippen LogP contribution in [0.4, 0.5) is 21.6 Å². The summed E-state index contributed by atoms with van der Waals surface area (Å²) in [4.78, 5) is 15.3. The van der Waals surface area contributed by atoms with Crippen LogP contribution in [0.2, 0.25) is 5.15 Å². The van der Waals surface area contributed by atoms with Crippen LogP contribution in [0.15, 0.2) is 67.0 Å². The second-order valence-electron chi connectivity index (χ2n) is 6.56. The number of nitrogens with one attached hydrogen (secondary N) is 1. The number of nitrogens with zero attached hydrogens (tertiary/aromatic N) is 4. The minimum atomic E-state index is -0.482. The maximum atomic E-state index is 14.2. The third kappa shape index (κ3) is 3.99. The molecule has 0 atom stereocenters. The first-order chi connectivity index (χ1) is 14.4. The first kappa shape index (κ1) is 19.5. The Balaban J connectivity index is 1.72. The van der Waals surface area contributed by atoms with Gasteiger partial charge in [0.05, 0.1) is 11.1 Å². The first-order valence-corrected chi connectivity index (χ1v) is 9.25. The number of nitro benzene ring substituents is 1. The minimum Gasteiger partial charge on any atom is -0.335 e. The smallest absolute Gasteiger partial charge is 0.293 e. The van der Waals surface area contributed by atoms with Gasteiger partial charge in [0.15, 0.2) is 0 Å². The minimum absolute atomic E-state index is 0.132. The van der Waals surface area contributed by atoms with Crippen LogP contribution in [0.3, 0.4) is 0 Å². The predicted octanol–water partition coefficient (Wildman–Crippen LogP) is 5.59. The highest BCUT2D eigenvalue weighted by molar-refractivity contribution is 6.29. The lowest BCUT2D eigenvalue weighted by atomic mass is 10.1. The Morgan fingerprint density at radius 2 is 1.90 bits per heavy atom. The molecule has 0 aliphatic carbocycles. The van der Waals surface area contributed by atoms with E-state index in [9.17, 15) is 14.5 Å². The second kappa shape index (κ2) is 7.92. The molecule has 0 aliphatic rings. The molecule has 150 valence electrons. The molecule has 0 fully saturated rings. The lowest BCUT2D eigenvalue weighted by Gasteiger charge is -2.10.